The molecule has 10 atom stereocenters. The summed E-state index contributed by atoms with van der Waals surface area (Å²) in [5.41, 5.74) is 7.80. The second-order valence-corrected chi connectivity index (χ2v) is 21.0. The molecule has 2 aromatic carbocycles. The van der Waals surface area contributed by atoms with E-state index in [0.29, 0.717) is 27.7 Å². The molecule has 0 bridgehead atoms. The van der Waals surface area contributed by atoms with Crippen molar-refractivity contribution in [3.05, 3.63) is 90.1 Å². The molecule has 9 amide bonds. The Morgan fingerprint density at radius 1 is 0.720 bits per heavy atom. The van der Waals surface area contributed by atoms with Gasteiger partial charge in [-0.15, -0.1) is 0 Å². The number of amides is 9. The Morgan fingerprint density at radius 3 is 2.00 bits per heavy atom. The van der Waals surface area contributed by atoms with Crippen LogP contribution in [0.25, 0.3) is 10.9 Å². The van der Waals surface area contributed by atoms with Gasteiger partial charge < -0.3 is 78.2 Å². The molecular weight excluding hydrogens is 1060 g/mol. The molecule has 3 fully saturated rings. The van der Waals surface area contributed by atoms with Crippen molar-refractivity contribution >= 4 is 75.8 Å². The predicted octanol–water partition coefficient (Wildman–Crippen LogP) is -2.69. The van der Waals surface area contributed by atoms with Crippen LogP contribution >= 0.6 is 0 Å². The van der Waals surface area contributed by atoms with E-state index in [9.17, 15) is 53.4 Å². The van der Waals surface area contributed by atoms with Crippen LogP contribution < -0.4 is 48.3 Å². The van der Waals surface area contributed by atoms with E-state index in [1.807, 2.05) is 12.1 Å². The van der Waals surface area contributed by atoms with Crippen molar-refractivity contribution in [1.29, 1.82) is 5.41 Å². The summed E-state index contributed by atoms with van der Waals surface area (Å²) in [5.74, 6) is -7.67. The second-order valence-electron chi connectivity index (χ2n) is 21.0. The van der Waals surface area contributed by atoms with Crippen LogP contribution in [0, 0.1) is 5.41 Å². The van der Waals surface area contributed by atoms with Crippen molar-refractivity contribution in [3.63, 3.8) is 0 Å². The average molecular weight is 1140 g/mol. The van der Waals surface area contributed by atoms with Crippen LogP contribution in [0.4, 0.5) is 0 Å². The number of nitrogens with one attached hydrogen (secondary N) is 11. The van der Waals surface area contributed by atoms with Gasteiger partial charge in [0.2, 0.25) is 53.2 Å². The number of likely N-dealkylation sites (tertiary alicyclic amines) is 2. The summed E-state index contributed by atoms with van der Waals surface area (Å²) in [6, 6.07) is 5.02. The van der Waals surface area contributed by atoms with Gasteiger partial charge in [-0.05, 0) is 56.2 Å². The number of carbonyl (C=O) groups is 10. The summed E-state index contributed by atoms with van der Waals surface area (Å²) in [4.78, 5) is 154. The summed E-state index contributed by atoms with van der Waals surface area (Å²) >= 11 is 0. The zero-order chi connectivity index (χ0) is 59.0. The fraction of sp³-hybridized carbons (Fsp3) is 0.491. The first kappa shape index (κ1) is 60.9. The SMILES string of the molecule is CC(=O)N[C@H]1CCC(=O)NCCC[C@@H](C(=O)N2C[C@H](O)C[C@H]2C(=O)N2C[C@H](O)C[C@H]2C(C)=O)NC(=O)[C@H](Cc2c[nH]c3ccccc23)NC(=O)[C@H](CCCNC(=N)N)NC(=O)[C@@H](Cc2ccccc2)NC(=O)[C@H](Cc2c[nH]cn2)NC1=O. The fourth-order valence-electron chi connectivity index (χ4n) is 10.6. The summed E-state index contributed by atoms with van der Waals surface area (Å²) in [7, 11) is 0. The van der Waals surface area contributed by atoms with Crippen LogP contribution in [0.2, 0.25) is 0 Å². The number of benzene rings is 2. The lowest BCUT2D eigenvalue weighted by atomic mass is 10.0. The number of rotatable bonds is 14. The van der Waals surface area contributed by atoms with Gasteiger partial charge in [-0.2, -0.15) is 0 Å². The highest BCUT2D eigenvalue weighted by molar-refractivity contribution is 5.99. The van der Waals surface area contributed by atoms with Crippen LogP contribution in [-0.4, -0.2) is 187 Å². The molecule has 0 saturated carbocycles. The number of aromatic amines is 2. The van der Waals surface area contributed by atoms with Crippen molar-refractivity contribution < 1.29 is 58.2 Å². The number of guanidine groups is 1. The smallest absolute Gasteiger partial charge is 0.246 e. The third-order valence-electron chi connectivity index (χ3n) is 14.7. The van der Waals surface area contributed by atoms with E-state index in [-0.39, 0.29) is 109 Å². The zero-order valence-electron chi connectivity index (χ0n) is 45.7. The summed E-state index contributed by atoms with van der Waals surface area (Å²) in [6.07, 6.45) is 0.937. The fourth-order valence-corrected chi connectivity index (χ4v) is 10.6. The molecule has 82 heavy (non-hydrogen) atoms. The summed E-state index contributed by atoms with van der Waals surface area (Å²) in [5, 5.41) is 51.7. The van der Waals surface area contributed by atoms with Crippen molar-refractivity contribution in [2.24, 2.45) is 5.73 Å². The molecule has 3 aliphatic rings. The second kappa shape index (κ2) is 28.6. The number of β-amino-alcohol motifs (C(OH)–C–C–N with tert-alkyl or cyclic N) is 2. The molecule has 0 aliphatic carbocycles. The van der Waals surface area contributed by atoms with Gasteiger partial charge in [0.25, 0.3) is 0 Å². The third-order valence-corrected chi connectivity index (χ3v) is 14.7. The number of hydrogen-bond donors (Lipinski definition) is 14. The lowest BCUT2D eigenvalue weighted by molar-refractivity contribution is -0.147. The van der Waals surface area contributed by atoms with Crippen molar-refractivity contribution in [2.75, 3.05) is 26.2 Å². The minimum atomic E-state index is -1.48. The minimum Gasteiger partial charge on any atom is -0.391 e. The number of H-pyrrole nitrogens is 2. The quantitative estimate of drug-likeness (QED) is 0.0348. The normalized spacial score (nSPS) is 25.7. The van der Waals surface area contributed by atoms with Gasteiger partial charge >= 0.3 is 0 Å². The number of fused-ring (bicyclic) bond motifs is 1. The predicted molar refractivity (Wildman–Crippen MR) is 295 cm³/mol. The number of para-hydroxylation sites is 1. The number of hydrogen-bond acceptors (Lipinski definition) is 14. The van der Waals surface area contributed by atoms with Crippen molar-refractivity contribution in [3.8, 4) is 0 Å². The molecule has 27 nitrogen and oxygen atoms in total. The molecule has 3 aliphatic heterocycles. The largest absolute Gasteiger partial charge is 0.391 e. The van der Waals surface area contributed by atoms with Gasteiger partial charge in [0.05, 0.1) is 30.3 Å². The molecule has 0 radical (unpaired) electrons. The lowest BCUT2D eigenvalue weighted by Crippen LogP contribution is -2.61. The van der Waals surface area contributed by atoms with Crippen LogP contribution in [0.15, 0.2) is 73.3 Å². The number of aliphatic hydroxyl groups is 2. The number of ketones is 1. The lowest BCUT2D eigenvalue weighted by Gasteiger charge is -2.33. The molecule has 15 N–H and O–H groups in total. The van der Waals surface area contributed by atoms with Crippen molar-refractivity contribution in [2.45, 2.75) is 145 Å². The first-order valence-electron chi connectivity index (χ1n) is 27.4. The number of Topliss-reactive ketones (excluding diaryl/α,β-unsaturated/α-hetero) is 1. The highest BCUT2D eigenvalue weighted by Gasteiger charge is 2.47. The molecular formula is C55H73N15O12. The topological polar surface area (TPSA) is 408 Å². The van der Waals surface area contributed by atoms with E-state index in [0.717, 1.165) is 4.90 Å². The highest BCUT2D eigenvalue weighted by Crippen LogP contribution is 2.27. The maximum Gasteiger partial charge on any atom is 0.246 e. The monoisotopic (exact) mass is 1140 g/mol. The molecule has 2 aromatic heterocycles. The summed E-state index contributed by atoms with van der Waals surface area (Å²) in [6.45, 7) is 1.93. The number of imidazole rings is 1. The summed E-state index contributed by atoms with van der Waals surface area (Å²) < 4.78 is 0. The van der Waals surface area contributed by atoms with Crippen molar-refractivity contribution in [1.82, 2.24) is 67.3 Å². The number of nitrogens with two attached hydrogens (primary N) is 1. The van der Waals surface area contributed by atoms with Gasteiger partial charge in [0, 0.05) is 94.9 Å². The Hall–Kier alpha value is -8.72. The molecule has 0 unspecified atom stereocenters. The average Bonchev–Trinajstić information content (AvgIpc) is 4.45. The van der Waals surface area contributed by atoms with E-state index >= 15 is 4.79 Å². The van der Waals surface area contributed by atoms with E-state index < -0.39 is 114 Å². The number of nitrogens with zero attached hydrogens (tertiary/aromatic N) is 3. The first-order valence-corrected chi connectivity index (χ1v) is 27.4. The van der Waals surface area contributed by atoms with E-state index in [2.05, 4.69) is 57.5 Å². The van der Waals surface area contributed by atoms with Gasteiger partial charge in [-0.25, -0.2) is 4.98 Å². The standard InChI is InChI=1S/C55H73N15O12/c1-30(71)45-23-35(73)27-69(45)54(82)46-24-36(74)28-70(46)53(81)41-15-9-18-59-47(75)17-16-40(63-31(2)72)49(77)68-44(22-34-26-58-29-62-34)52(80)66-42(20-32-10-4-3-5-11-32)50(78)64-39(14-8-19-60-55(56)57)48(76)67-43(51(79)65-41)21-33-25-61-38-13-7-6-12-37(33)38/h3-7,10-13,25-26,29,35-36,39-46,61,73-74H,8-9,14-24,27-28H2,1-2H3,(H,58,62)(H,59,75)(H,63,72)(H,64,78)(H,65,79)(H,66,80)(H,67,76)(H,68,77)(H4,56,57,60)/t35-,36-,39+,40+,41+,42-,43+,44+,45+,46+/m1/s1. The molecule has 440 valence electrons. The Bertz CT molecular complexity index is 2960. The highest BCUT2D eigenvalue weighted by atomic mass is 16.3. The van der Waals surface area contributed by atoms with Gasteiger partial charge in [-0.3, -0.25) is 53.4 Å². The first-order chi connectivity index (χ1) is 39.2. The molecule has 5 heterocycles. The Kier molecular flexibility index (Phi) is 21.3. The zero-order valence-corrected chi connectivity index (χ0v) is 45.7. The molecule has 0 spiro atoms. The minimum absolute atomic E-state index is 0.0168. The molecule has 4 aromatic rings. The van der Waals surface area contributed by atoms with Gasteiger partial charge in [-0.1, -0.05) is 48.5 Å². The Labute approximate surface area is 472 Å². The van der Waals surface area contributed by atoms with Gasteiger partial charge in [0.1, 0.15) is 42.3 Å². The molecule has 7 rings (SSSR count). The van der Waals surface area contributed by atoms with E-state index in [1.165, 1.54) is 31.3 Å². The number of carbonyl (C=O) groups excluding carboxylic acids is 10. The molecule has 3 saturated heterocycles. The Morgan fingerprint density at radius 2 is 1.33 bits per heavy atom. The number of aliphatic hydroxyl groups excluding tert-OH is 2. The van der Waals surface area contributed by atoms with Crippen LogP contribution in [-0.2, 0) is 67.2 Å². The van der Waals surface area contributed by atoms with E-state index in [4.69, 9.17) is 11.1 Å². The maximum absolute atomic E-state index is 15.1. The van der Waals surface area contributed by atoms with Gasteiger partial charge in [0.15, 0.2) is 11.7 Å². The number of aromatic nitrogens is 3. The van der Waals surface area contributed by atoms with Crippen LogP contribution in [0.5, 0.6) is 0 Å². The van der Waals surface area contributed by atoms with Crippen LogP contribution in [0.3, 0.4) is 0 Å². The van der Waals surface area contributed by atoms with E-state index in [1.54, 1.807) is 48.7 Å². The third kappa shape index (κ3) is 16.7. The maximum atomic E-state index is 15.1. The van der Waals surface area contributed by atoms with Crippen LogP contribution in [0.1, 0.15) is 82.0 Å². The Balaban J connectivity index is 1.27. The molecule has 27 heteroatoms.